The van der Waals surface area contributed by atoms with E-state index in [1.165, 1.54) is 0 Å². The quantitative estimate of drug-likeness (QED) is 0.403. The van der Waals surface area contributed by atoms with Crippen molar-refractivity contribution in [2.75, 3.05) is 0 Å². The first-order valence-electron chi connectivity index (χ1n) is 2.64. The van der Waals surface area contributed by atoms with E-state index < -0.39 is 15.3 Å². The third kappa shape index (κ3) is 123. The molecule has 0 N–H and O–H groups in total. The second-order valence-electron chi connectivity index (χ2n) is 0.671. The van der Waals surface area contributed by atoms with Crippen molar-refractivity contribution in [3.8, 4) is 0 Å². The molecular formula is C2H6N3O9-3. The van der Waals surface area contributed by atoms with Gasteiger partial charge in [0.2, 0.25) is 0 Å². The van der Waals surface area contributed by atoms with Gasteiger partial charge in [-0.2, -0.15) is 0 Å². The van der Waals surface area contributed by atoms with Crippen molar-refractivity contribution in [2.45, 2.75) is 13.8 Å². The maximum absolute atomic E-state index is 8.25. The van der Waals surface area contributed by atoms with Gasteiger partial charge in [-0.1, -0.05) is 13.8 Å². The lowest BCUT2D eigenvalue weighted by Crippen LogP contribution is -1.74. The summed E-state index contributed by atoms with van der Waals surface area (Å²) in [5, 5.41) is 44.2. The summed E-state index contributed by atoms with van der Waals surface area (Å²) in [4.78, 5) is 24.8. The van der Waals surface area contributed by atoms with Crippen molar-refractivity contribution >= 4 is 0 Å². The van der Waals surface area contributed by atoms with Crippen LogP contribution >= 0.6 is 0 Å². The van der Waals surface area contributed by atoms with Crippen molar-refractivity contribution in [3.05, 3.63) is 46.0 Å². The molecule has 14 heavy (non-hydrogen) atoms. The first-order chi connectivity index (χ1) is 6.20. The third-order valence-electron chi connectivity index (χ3n) is 0. The van der Waals surface area contributed by atoms with E-state index in [2.05, 4.69) is 0 Å². The van der Waals surface area contributed by atoms with Gasteiger partial charge < -0.3 is 46.0 Å². The summed E-state index contributed by atoms with van der Waals surface area (Å²) in [5.74, 6) is 0. The van der Waals surface area contributed by atoms with E-state index in [9.17, 15) is 0 Å². The van der Waals surface area contributed by atoms with Crippen molar-refractivity contribution in [2.24, 2.45) is 0 Å². The Bertz CT molecular complexity index is 116. The van der Waals surface area contributed by atoms with E-state index in [-0.39, 0.29) is 0 Å². The summed E-state index contributed by atoms with van der Waals surface area (Å²) in [5.41, 5.74) is 0. The van der Waals surface area contributed by atoms with Crippen molar-refractivity contribution in [3.63, 3.8) is 0 Å². The van der Waals surface area contributed by atoms with Crippen LogP contribution in [0.5, 0.6) is 0 Å². The molecule has 0 saturated carbocycles. The Morgan fingerprint density at radius 2 is 0.571 bits per heavy atom. The van der Waals surface area contributed by atoms with Crippen LogP contribution in [0.4, 0.5) is 0 Å². The van der Waals surface area contributed by atoms with Gasteiger partial charge in [0.25, 0.3) is 0 Å². The normalized spacial score (nSPS) is 5.57. The zero-order valence-corrected chi connectivity index (χ0v) is 7.02. The molecule has 0 aromatic heterocycles. The molecule has 0 aromatic carbocycles. The Morgan fingerprint density at radius 1 is 0.571 bits per heavy atom. The first kappa shape index (κ1) is 22.6. The van der Waals surface area contributed by atoms with Crippen LogP contribution in [0.2, 0.25) is 0 Å². The van der Waals surface area contributed by atoms with E-state index in [1.807, 2.05) is 13.8 Å². The van der Waals surface area contributed by atoms with Crippen LogP contribution in [-0.2, 0) is 0 Å². The van der Waals surface area contributed by atoms with Gasteiger partial charge in [-0.15, -0.1) is 0 Å². The lowest BCUT2D eigenvalue weighted by Gasteiger charge is -1.74. The summed E-state index contributed by atoms with van der Waals surface area (Å²) in [6, 6.07) is 0. The fourth-order valence-electron chi connectivity index (χ4n) is 0. The van der Waals surface area contributed by atoms with E-state index in [4.69, 9.17) is 46.0 Å². The Labute approximate surface area is 76.3 Å². The fourth-order valence-corrected chi connectivity index (χ4v) is 0. The van der Waals surface area contributed by atoms with Crippen molar-refractivity contribution in [1.82, 2.24) is 0 Å². The Morgan fingerprint density at radius 3 is 0.571 bits per heavy atom. The van der Waals surface area contributed by atoms with Crippen LogP contribution in [0.1, 0.15) is 13.8 Å². The first-order valence-corrected chi connectivity index (χ1v) is 2.64. The minimum atomic E-state index is -1.75. The Kier molecular flexibility index (Phi) is 36.1. The SMILES string of the molecule is CC.O=[N+]([O-])[O-].O=[N+]([O-])[O-].O=[N+]([O-])[O-]. The molecule has 0 spiro atoms. The molecule has 0 amide bonds. The van der Waals surface area contributed by atoms with Crippen LogP contribution in [-0.4, -0.2) is 15.3 Å². The largest absolute Gasteiger partial charge is 0.356 e. The third-order valence-corrected chi connectivity index (χ3v) is 0. The molecule has 0 rings (SSSR count). The highest BCUT2D eigenvalue weighted by molar-refractivity contribution is 4.04. The summed E-state index contributed by atoms with van der Waals surface area (Å²) in [6.07, 6.45) is 0. The van der Waals surface area contributed by atoms with Gasteiger partial charge in [0.15, 0.2) is 0 Å². The van der Waals surface area contributed by atoms with E-state index in [0.29, 0.717) is 0 Å². The molecule has 0 unspecified atom stereocenters. The Balaban J connectivity index is -0.0000000492. The lowest BCUT2D eigenvalue weighted by atomic mass is 11.0. The lowest BCUT2D eigenvalue weighted by molar-refractivity contribution is -0.403. The second kappa shape index (κ2) is 22.4. The molecule has 12 nitrogen and oxygen atoms in total. The van der Waals surface area contributed by atoms with Crippen LogP contribution in [0, 0.1) is 46.0 Å². The highest BCUT2D eigenvalue weighted by Crippen LogP contribution is 1.45. The molecule has 0 saturated heterocycles. The smallest absolute Gasteiger partial charge is 0.0689 e. The maximum Gasteiger partial charge on any atom is 0.0689 e. The number of hydrogen-bond donors (Lipinski definition) is 0. The predicted molar refractivity (Wildman–Crippen MR) is 42.4 cm³/mol. The highest BCUT2D eigenvalue weighted by atomic mass is 16.9. The highest BCUT2D eigenvalue weighted by Gasteiger charge is 1.46. The summed E-state index contributed by atoms with van der Waals surface area (Å²) < 4.78 is 0. The molecule has 0 heterocycles. The summed E-state index contributed by atoms with van der Waals surface area (Å²) >= 11 is 0. The van der Waals surface area contributed by atoms with Gasteiger partial charge in [0.05, 0.1) is 15.3 Å². The number of rotatable bonds is 0. The van der Waals surface area contributed by atoms with Gasteiger partial charge in [-0.25, -0.2) is 0 Å². The van der Waals surface area contributed by atoms with Crippen molar-refractivity contribution in [1.29, 1.82) is 0 Å². The van der Waals surface area contributed by atoms with Gasteiger partial charge in [0.1, 0.15) is 0 Å². The van der Waals surface area contributed by atoms with Gasteiger partial charge in [0, 0.05) is 0 Å². The molecule has 0 radical (unpaired) electrons. The molecule has 0 aliphatic carbocycles. The minimum Gasteiger partial charge on any atom is -0.356 e. The van der Waals surface area contributed by atoms with Gasteiger partial charge >= 0.3 is 0 Å². The van der Waals surface area contributed by atoms with Crippen LogP contribution in [0.15, 0.2) is 0 Å². The number of hydrogen-bond acceptors (Lipinski definition) is 9. The number of nitrogens with zero attached hydrogens (tertiary/aromatic N) is 3. The Hall–Kier alpha value is -2.40. The van der Waals surface area contributed by atoms with Crippen LogP contribution < -0.4 is 0 Å². The molecule has 86 valence electrons. The van der Waals surface area contributed by atoms with E-state index in [1.54, 1.807) is 0 Å². The monoisotopic (exact) mass is 216 g/mol. The van der Waals surface area contributed by atoms with E-state index in [0.717, 1.165) is 0 Å². The van der Waals surface area contributed by atoms with Crippen LogP contribution in [0.25, 0.3) is 0 Å². The molecular weight excluding hydrogens is 210 g/mol. The molecule has 0 fully saturated rings. The average molecular weight is 216 g/mol. The minimum absolute atomic E-state index is 1.75. The molecule has 0 atom stereocenters. The molecule has 0 aliphatic rings. The van der Waals surface area contributed by atoms with Crippen molar-refractivity contribution < 1.29 is 15.3 Å². The van der Waals surface area contributed by atoms with Gasteiger partial charge in [-0.3, -0.25) is 0 Å². The molecule has 0 bridgehead atoms. The van der Waals surface area contributed by atoms with Gasteiger partial charge in [-0.05, 0) is 0 Å². The van der Waals surface area contributed by atoms with Crippen LogP contribution in [0.3, 0.4) is 0 Å². The standard InChI is InChI=1S/C2H6.3NO3/c1-2;3*2-1(3)4/h1-2H3;;;/q;3*-1. The second-order valence-corrected chi connectivity index (χ2v) is 0.671. The zero-order chi connectivity index (χ0) is 12.7. The summed E-state index contributed by atoms with van der Waals surface area (Å²) in [7, 11) is 0. The fraction of sp³-hybridized carbons (Fsp3) is 1.00. The van der Waals surface area contributed by atoms with E-state index >= 15 is 0 Å². The average Bonchev–Trinajstić information content (AvgIpc) is 1.86. The molecule has 0 aromatic rings. The topological polar surface area (TPSA) is 199 Å². The summed E-state index contributed by atoms with van der Waals surface area (Å²) in [6.45, 7) is 4.00. The maximum atomic E-state index is 8.25. The predicted octanol–water partition coefficient (Wildman–Crippen LogP) is 0.309. The molecule has 0 aliphatic heterocycles. The molecule has 12 heteroatoms. The zero-order valence-electron chi connectivity index (χ0n) is 7.02.